The van der Waals surface area contributed by atoms with Gasteiger partial charge in [-0.05, 0) is 30.6 Å². The molecule has 2 unspecified atom stereocenters. The molecule has 2 aromatic rings. The van der Waals surface area contributed by atoms with Crippen LogP contribution in [0.1, 0.15) is 56.9 Å². The van der Waals surface area contributed by atoms with E-state index in [1.807, 2.05) is 24.5 Å². The molecular weight excluding hydrogens is 338 g/mol. The van der Waals surface area contributed by atoms with Crippen molar-refractivity contribution in [2.45, 2.75) is 51.4 Å². The van der Waals surface area contributed by atoms with Gasteiger partial charge in [0.05, 0.1) is 0 Å². The van der Waals surface area contributed by atoms with Crippen molar-refractivity contribution in [2.24, 2.45) is 11.8 Å². The largest absolute Gasteiger partial charge is 0.481 e. The number of benzene rings is 1. The molecule has 1 aromatic heterocycles. The lowest BCUT2D eigenvalue weighted by Crippen LogP contribution is -2.13. The Labute approximate surface area is 160 Å². The van der Waals surface area contributed by atoms with Gasteiger partial charge in [0.15, 0.2) is 0 Å². The molecule has 0 saturated heterocycles. The summed E-state index contributed by atoms with van der Waals surface area (Å²) in [5.41, 5.74) is 1.10. The number of carboxylic acid groups (broad SMARTS) is 1. The number of ketones is 1. The first-order valence-corrected chi connectivity index (χ1v) is 9.90. The highest BCUT2D eigenvalue weighted by Crippen LogP contribution is 2.34. The quantitative estimate of drug-likeness (QED) is 0.615. The molecule has 0 spiro atoms. The Kier molecular flexibility index (Phi) is 6.74. The highest BCUT2D eigenvalue weighted by molar-refractivity contribution is 5.90. The molecule has 2 atom stereocenters. The van der Waals surface area contributed by atoms with Gasteiger partial charge in [0.2, 0.25) is 0 Å². The van der Waals surface area contributed by atoms with E-state index < -0.39 is 5.97 Å². The Hall–Kier alpha value is -2.49. The van der Waals surface area contributed by atoms with Crippen molar-refractivity contribution in [3.8, 4) is 0 Å². The van der Waals surface area contributed by atoms with Crippen molar-refractivity contribution in [3.05, 3.63) is 48.3 Å². The number of nitrogens with zero attached hydrogens (tertiary/aromatic N) is 1. The first kappa shape index (κ1) is 19.3. The molecule has 1 aromatic carbocycles. The molecule has 4 heteroatoms. The zero-order valence-corrected chi connectivity index (χ0v) is 15.6. The number of aromatic nitrogens is 1. The number of unbranched alkanes of at least 4 members (excludes halogenated alkanes) is 3. The van der Waals surface area contributed by atoms with E-state index in [4.69, 9.17) is 5.11 Å². The Bertz CT molecular complexity index is 822. The molecule has 142 valence electrons. The lowest BCUT2D eigenvalue weighted by Gasteiger charge is -2.15. The summed E-state index contributed by atoms with van der Waals surface area (Å²) in [6.45, 7) is 0. The summed E-state index contributed by atoms with van der Waals surface area (Å²) >= 11 is 0. The van der Waals surface area contributed by atoms with Gasteiger partial charge in [-0.25, -0.2) is 0 Å². The number of Topliss-reactive ketones (excluding diaryl/α,β-unsaturated/α-hetero) is 1. The van der Waals surface area contributed by atoms with Gasteiger partial charge in [-0.2, -0.15) is 0 Å². The van der Waals surface area contributed by atoms with Crippen molar-refractivity contribution in [1.82, 2.24) is 4.98 Å². The number of carbonyl (C=O) groups is 2. The van der Waals surface area contributed by atoms with Gasteiger partial charge in [-0.3, -0.25) is 14.6 Å². The van der Waals surface area contributed by atoms with Crippen molar-refractivity contribution in [1.29, 1.82) is 0 Å². The summed E-state index contributed by atoms with van der Waals surface area (Å²) in [4.78, 5) is 27.2. The van der Waals surface area contributed by atoms with Gasteiger partial charge >= 0.3 is 5.97 Å². The second-order valence-electron chi connectivity index (χ2n) is 7.43. The zero-order chi connectivity index (χ0) is 19.1. The molecule has 4 nitrogen and oxygen atoms in total. The zero-order valence-electron chi connectivity index (χ0n) is 15.6. The van der Waals surface area contributed by atoms with E-state index in [2.05, 4.69) is 29.3 Å². The lowest BCUT2D eigenvalue weighted by molar-refractivity contribution is -0.137. The van der Waals surface area contributed by atoms with Crippen molar-refractivity contribution in [3.63, 3.8) is 0 Å². The maximum absolute atomic E-state index is 12.3. The predicted molar refractivity (Wildman–Crippen MR) is 107 cm³/mol. The van der Waals surface area contributed by atoms with Gasteiger partial charge < -0.3 is 5.11 Å². The monoisotopic (exact) mass is 365 g/mol. The molecule has 0 bridgehead atoms. The number of carboxylic acids is 1. The fourth-order valence-corrected chi connectivity index (χ4v) is 4.03. The fourth-order valence-electron chi connectivity index (χ4n) is 4.03. The van der Waals surface area contributed by atoms with E-state index in [0.29, 0.717) is 18.1 Å². The number of aliphatic carboxylic acids is 1. The number of rotatable bonds is 9. The summed E-state index contributed by atoms with van der Waals surface area (Å²) in [6, 6.07) is 8.21. The molecule has 1 heterocycles. The fraction of sp³-hybridized carbons (Fsp3) is 0.435. The maximum Gasteiger partial charge on any atom is 0.303 e. The molecule has 1 fully saturated rings. The normalized spacial score (nSPS) is 19.9. The van der Waals surface area contributed by atoms with Crippen molar-refractivity contribution < 1.29 is 14.7 Å². The Morgan fingerprint density at radius 3 is 2.81 bits per heavy atom. The van der Waals surface area contributed by atoms with Crippen LogP contribution in [-0.4, -0.2) is 21.8 Å². The summed E-state index contributed by atoms with van der Waals surface area (Å²) < 4.78 is 0. The SMILES string of the molecule is O=C(O)CCCCCCC1C(=O)CCC1C=Cc1cncc2ccccc12. The summed E-state index contributed by atoms with van der Waals surface area (Å²) in [5.74, 6) is 0.0690. The van der Waals surface area contributed by atoms with E-state index in [0.717, 1.165) is 49.5 Å². The van der Waals surface area contributed by atoms with E-state index >= 15 is 0 Å². The Morgan fingerprint density at radius 1 is 1.15 bits per heavy atom. The topological polar surface area (TPSA) is 67.3 Å². The highest BCUT2D eigenvalue weighted by Gasteiger charge is 2.32. The minimum atomic E-state index is -0.728. The summed E-state index contributed by atoms with van der Waals surface area (Å²) in [6.07, 6.45) is 14.5. The molecule has 0 aliphatic heterocycles. The smallest absolute Gasteiger partial charge is 0.303 e. The maximum atomic E-state index is 12.3. The molecule has 3 rings (SSSR count). The average Bonchev–Trinajstić information content (AvgIpc) is 3.02. The molecule has 1 aliphatic rings. The number of carbonyl (C=O) groups excluding carboxylic acids is 1. The van der Waals surface area contributed by atoms with Gasteiger partial charge in [-0.1, -0.05) is 55.7 Å². The summed E-state index contributed by atoms with van der Waals surface area (Å²) in [7, 11) is 0. The molecule has 0 radical (unpaired) electrons. The van der Waals surface area contributed by atoms with Crippen LogP contribution in [0.2, 0.25) is 0 Å². The highest BCUT2D eigenvalue weighted by atomic mass is 16.4. The Morgan fingerprint density at radius 2 is 1.96 bits per heavy atom. The first-order valence-electron chi connectivity index (χ1n) is 9.90. The molecular formula is C23H27NO3. The molecule has 1 aliphatic carbocycles. The standard InChI is InChI=1S/C23H27NO3/c25-22-14-13-17(21(22)9-3-1-2-4-10-23(26)27)11-12-19-16-24-15-18-7-5-6-8-20(18)19/h5-8,11-12,15-17,21H,1-4,9-10,13-14H2,(H,26,27). The third-order valence-corrected chi connectivity index (χ3v) is 5.53. The van der Waals surface area contributed by atoms with Crippen molar-refractivity contribution in [2.75, 3.05) is 0 Å². The minimum Gasteiger partial charge on any atom is -0.481 e. The van der Waals surface area contributed by atoms with Gasteiger partial charge in [0.25, 0.3) is 0 Å². The molecule has 1 saturated carbocycles. The lowest BCUT2D eigenvalue weighted by atomic mass is 9.89. The summed E-state index contributed by atoms with van der Waals surface area (Å²) in [5, 5.41) is 11.0. The van der Waals surface area contributed by atoms with Crippen molar-refractivity contribution >= 4 is 28.6 Å². The second kappa shape index (κ2) is 9.45. The number of allylic oxidation sites excluding steroid dienone is 1. The molecule has 1 N–H and O–H groups in total. The van der Waals surface area contributed by atoms with Crippen LogP contribution < -0.4 is 0 Å². The van der Waals surface area contributed by atoms with Gasteiger partial charge in [-0.15, -0.1) is 0 Å². The number of hydrogen-bond acceptors (Lipinski definition) is 3. The van der Waals surface area contributed by atoms with Crippen LogP contribution in [0.5, 0.6) is 0 Å². The molecule has 27 heavy (non-hydrogen) atoms. The van der Waals surface area contributed by atoms with Gasteiger partial charge in [0.1, 0.15) is 5.78 Å². The third-order valence-electron chi connectivity index (χ3n) is 5.53. The second-order valence-corrected chi connectivity index (χ2v) is 7.43. The van der Waals surface area contributed by atoms with Gasteiger partial charge in [0, 0.05) is 42.1 Å². The van der Waals surface area contributed by atoms with E-state index in [1.165, 1.54) is 5.39 Å². The predicted octanol–water partition coefficient (Wildman–Crippen LogP) is 5.27. The van der Waals surface area contributed by atoms with E-state index in [-0.39, 0.29) is 12.3 Å². The molecule has 0 amide bonds. The first-order chi connectivity index (χ1) is 13.1. The minimum absolute atomic E-state index is 0.114. The number of hydrogen-bond donors (Lipinski definition) is 1. The van der Waals surface area contributed by atoms with Crippen LogP contribution in [0.3, 0.4) is 0 Å². The van der Waals surface area contributed by atoms with Crippen LogP contribution in [-0.2, 0) is 9.59 Å². The van der Waals surface area contributed by atoms with E-state index in [1.54, 1.807) is 0 Å². The third kappa shape index (κ3) is 5.25. The Balaban J connectivity index is 1.57. The van der Waals surface area contributed by atoms with Crippen LogP contribution >= 0.6 is 0 Å². The van der Waals surface area contributed by atoms with Crippen LogP contribution in [0, 0.1) is 11.8 Å². The number of fused-ring (bicyclic) bond motifs is 1. The van der Waals surface area contributed by atoms with Crippen LogP contribution in [0.25, 0.3) is 16.8 Å². The van der Waals surface area contributed by atoms with Crippen LogP contribution in [0.15, 0.2) is 42.7 Å². The average molecular weight is 365 g/mol. The van der Waals surface area contributed by atoms with Crippen LogP contribution in [0.4, 0.5) is 0 Å². The number of pyridine rings is 1. The van der Waals surface area contributed by atoms with E-state index in [9.17, 15) is 9.59 Å².